The highest BCUT2D eigenvalue weighted by Crippen LogP contribution is 2.51. The molecule has 8 nitrogen and oxygen atoms in total. The lowest BCUT2D eigenvalue weighted by Gasteiger charge is -2.37. The summed E-state index contributed by atoms with van der Waals surface area (Å²) < 4.78 is 28.7. The van der Waals surface area contributed by atoms with Crippen molar-refractivity contribution < 1.29 is 18.4 Å². The zero-order chi connectivity index (χ0) is 25.4. The maximum Gasteiger partial charge on any atom is 0.365 e. The lowest BCUT2D eigenvalue weighted by Crippen LogP contribution is -2.46. The molecule has 1 aliphatic rings. The Bertz CT molecular complexity index is 1150. The number of hydrogen-bond donors (Lipinski definition) is 1. The van der Waals surface area contributed by atoms with Gasteiger partial charge in [-0.2, -0.15) is 21.6 Å². The van der Waals surface area contributed by atoms with Crippen LogP contribution in [0.1, 0.15) is 37.3 Å². The number of hydrazone groups is 1. The van der Waals surface area contributed by atoms with Crippen LogP contribution in [-0.4, -0.2) is 47.7 Å². The molecule has 184 valence electrons. The van der Waals surface area contributed by atoms with Gasteiger partial charge in [-0.25, -0.2) is 18.6 Å². The number of halogens is 2. The maximum absolute atomic E-state index is 14.7. The molecule has 0 saturated heterocycles. The molecule has 1 unspecified atom stereocenters. The third kappa shape index (κ3) is 5.78. The average molecular weight is 501 g/mol. The van der Waals surface area contributed by atoms with E-state index in [0.717, 1.165) is 28.8 Å². The molecule has 1 heterocycles. The summed E-state index contributed by atoms with van der Waals surface area (Å²) in [4.78, 5) is 25.0. The molecule has 1 N–H and O–H groups in total. The van der Waals surface area contributed by atoms with Gasteiger partial charge in [0.05, 0.1) is 7.11 Å². The van der Waals surface area contributed by atoms with Crippen molar-refractivity contribution in [1.82, 2.24) is 15.5 Å². The first-order valence-electron chi connectivity index (χ1n) is 10.9. The van der Waals surface area contributed by atoms with Crippen LogP contribution in [0.5, 0.6) is 0 Å². The van der Waals surface area contributed by atoms with Crippen LogP contribution in [0.4, 0.5) is 13.6 Å². The summed E-state index contributed by atoms with van der Waals surface area (Å²) in [6, 6.07) is 11.8. The van der Waals surface area contributed by atoms with Gasteiger partial charge in [-0.1, -0.05) is 54.4 Å². The van der Waals surface area contributed by atoms with Crippen LogP contribution >= 0.6 is 11.8 Å². The minimum absolute atomic E-state index is 0.0294. The Morgan fingerprint density at radius 2 is 2.06 bits per heavy atom. The highest BCUT2D eigenvalue weighted by molar-refractivity contribution is 8.15. The van der Waals surface area contributed by atoms with Crippen molar-refractivity contribution >= 4 is 28.7 Å². The molecule has 35 heavy (non-hydrogen) atoms. The van der Waals surface area contributed by atoms with Crippen molar-refractivity contribution in [2.45, 2.75) is 31.1 Å². The van der Waals surface area contributed by atoms with E-state index >= 15 is 0 Å². The molecule has 0 aliphatic carbocycles. The van der Waals surface area contributed by atoms with Crippen LogP contribution in [0.25, 0.3) is 4.95 Å². The van der Waals surface area contributed by atoms with E-state index < -0.39 is 22.5 Å². The first kappa shape index (κ1) is 26.1. The summed E-state index contributed by atoms with van der Waals surface area (Å²) in [7, 11) is 2.81. The molecule has 0 bridgehead atoms. The highest BCUT2D eigenvalue weighted by Gasteiger charge is 2.49. The number of benzene rings is 2. The normalized spacial score (nSPS) is 17.7. The number of nitrogens with one attached hydrogen (secondary N) is 1. The standard InChI is InChI=1S/C24H26F2N6O2S/c1-5-21(29-27-2)28-15-9-14-24(17-10-7-6-8-11-17)32(23(33)31(3)34-4)30-22(35-24)19-16-18(25)12-13-20(19)26/h6-8,10-13,16H,5,9,14-15H2,1,3-4H3,(H,28,29). The summed E-state index contributed by atoms with van der Waals surface area (Å²) in [5.41, 5.74) is 3.27. The van der Waals surface area contributed by atoms with Gasteiger partial charge in [-0.05, 0) is 36.6 Å². The van der Waals surface area contributed by atoms with Crippen molar-refractivity contribution in [2.24, 2.45) is 10.1 Å². The van der Waals surface area contributed by atoms with Crippen LogP contribution in [0.3, 0.4) is 0 Å². The molecule has 0 aromatic heterocycles. The summed E-state index contributed by atoms with van der Waals surface area (Å²) in [6.45, 7) is 9.25. The molecule has 0 radical (unpaired) electrons. The molecule has 0 saturated carbocycles. The van der Waals surface area contributed by atoms with E-state index in [4.69, 9.17) is 11.4 Å². The fraction of sp³-hybridized carbons (Fsp3) is 0.333. The Labute approximate surface area is 207 Å². The summed E-state index contributed by atoms with van der Waals surface area (Å²) in [6.07, 6.45) is 1.50. The lowest BCUT2D eigenvalue weighted by atomic mass is 10.0. The van der Waals surface area contributed by atoms with E-state index in [9.17, 15) is 13.6 Å². The van der Waals surface area contributed by atoms with Crippen LogP contribution < -0.4 is 5.43 Å². The molecule has 2 amide bonds. The average Bonchev–Trinajstić information content (AvgIpc) is 3.27. The van der Waals surface area contributed by atoms with E-state index in [1.807, 2.05) is 37.3 Å². The third-order valence-corrected chi connectivity index (χ3v) is 6.85. The van der Waals surface area contributed by atoms with E-state index in [1.165, 1.54) is 30.9 Å². The predicted molar refractivity (Wildman–Crippen MR) is 132 cm³/mol. The minimum Gasteiger partial charge on any atom is -0.273 e. The molecule has 1 atom stereocenters. The first-order valence-corrected chi connectivity index (χ1v) is 11.7. The van der Waals surface area contributed by atoms with Crippen LogP contribution in [0.15, 0.2) is 58.6 Å². The summed E-state index contributed by atoms with van der Waals surface area (Å²) in [5, 5.41) is 6.93. The van der Waals surface area contributed by atoms with Crippen molar-refractivity contribution in [1.29, 1.82) is 0 Å². The second kappa shape index (κ2) is 11.8. The van der Waals surface area contributed by atoms with E-state index in [-0.39, 0.29) is 10.6 Å². The number of amidine groups is 1. The first-order chi connectivity index (χ1) is 16.9. The van der Waals surface area contributed by atoms with E-state index in [2.05, 4.69) is 20.5 Å². The Morgan fingerprint density at radius 1 is 1.31 bits per heavy atom. The fourth-order valence-corrected chi connectivity index (χ4v) is 4.99. The molecular formula is C24H26F2N6O2S. The van der Waals surface area contributed by atoms with Gasteiger partial charge < -0.3 is 0 Å². The van der Waals surface area contributed by atoms with Crippen molar-refractivity contribution in [3.05, 3.63) is 82.8 Å². The molecule has 0 fully saturated rings. The van der Waals surface area contributed by atoms with Gasteiger partial charge in [0.1, 0.15) is 21.5 Å². The van der Waals surface area contributed by atoms with Gasteiger partial charge in [0, 0.05) is 25.6 Å². The number of thioether (sulfide) groups is 1. The Morgan fingerprint density at radius 3 is 2.71 bits per heavy atom. The topological polar surface area (TPSA) is 73.9 Å². The molecule has 11 heteroatoms. The molecule has 1 aliphatic heterocycles. The predicted octanol–water partition coefficient (Wildman–Crippen LogP) is 5.15. The third-order valence-electron chi connectivity index (χ3n) is 5.40. The number of rotatable bonds is 8. The Kier molecular flexibility index (Phi) is 8.78. The second-order valence-electron chi connectivity index (χ2n) is 7.57. The molecule has 2 aromatic rings. The van der Waals surface area contributed by atoms with Gasteiger partial charge >= 0.3 is 6.03 Å². The number of amides is 2. The lowest BCUT2D eigenvalue weighted by molar-refractivity contribution is -0.0805. The summed E-state index contributed by atoms with van der Waals surface area (Å²) in [5.74, 6) is -0.683. The number of urea groups is 1. The molecule has 3 rings (SSSR count). The molecule has 0 spiro atoms. The van der Waals surface area contributed by atoms with Crippen molar-refractivity contribution in [3.8, 4) is 0 Å². The Hall–Kier alpha value is -3.49. The van der Waals surface area contributed by atoms with E-state index in [1.54, 1.807) is 0 Å². The number of carbonyl (C=O) groups is 1. The van der Waals surface area contributed by atoms with Crippen molar-refractivity contribution in [3.63, 3.8) is 0 Å². The zero-order valence-corrected chi connectivity index (χ0v) is 20.5. The number of carbonyl (C=O) groups excluding carboxylic acids is 1. The maximum atomic E-state index is 14.7. The largest absolute Gasteiger partial charge is 0.365 e. The van der Waals surface area contributed by atoms with Crippen LogP contribution in [-0.2, 0) is 9.71 Å². The van der Waals surface area contributed by atoms with Gasteiger partial charge in [-0.3, -0.25) is 9.83 Å². The minimum atomic E-state index is -1.06. The monoisotopic (exact) mass is 500 g/mol. The van der Waals surface area contributed by atoms with Crippen LogP contribution in [0, 0.1) is 18.2 Å². The van der Waals surface area contributed by atoms with Gasteiger partial charge in [0.25, 0.3) is 0 Å². The number of nitrogens with zero attached hydrogens (tertiary/aromatic N) is 5. The van der Waals surface area contributed by atoms with Crippen LogP contribution in [0.2, 0.25) is 0 Å². The van der Waals surface area contributed by atoms with Gasteiger partial charge in [0.2, 0.25) is 0 Å². The number of aliphatic imine (C=N–C) groups is 1. The van der Waals surface area contributed by atoms with Gasteiger partial charge in [0.15, 0.2) is 5.84 Å². The fourth-order valence-electron chi connectivity index (χ4n) is 3.58. The van der Waals surface area contributed by atoms with Gasteiger partial charge in [-0.15, -0.1) is 0 Å². The summed E-state index contributed by atoms with van der Waals surface area (Å²) >= 11 is 1.18. The molecule has 2 aromatic carbocycles. The Balaban J connectivity index is 2.05. The SMILES string of the molecule is [C-]#[N+]NC(CC)=NCCCC1(c2ccccc2)SC(c2cc(F)ccc2F)=NN1C(=O)N(C)OC. The highest BCUT2D eigenvalue weighted by atomic mass is 32.2. The quantitative estimate of drug-likeness (QED) is 0.179. The number of hydrogen-bond acceptors (Lipinski definition) is 5. The van der Waals surface area contributed by atoms with Crippen molar-refractivity contribution in [2.75, 3.05) is 20.7 Å². The zero-order valence-electron chi connectivity index (χ0n) is 19.7. The van der Waals surface area contributed by atoms with E-state index in [0.29, 0.717) is 31.6 Å². The smallest absolute Gasteiger partial charge is 0.273 e. The second-order valence-corrected chi connectivity index (χ2v) is 8.83. The number of hydroxylamine groups is 2. The molecular weight excluding hydrogens is 474 g/mol.